The molecule has 0 aliphatic carbocycles. The molecule has 0 amide bonds. The molecule has 1 heterocycles. The molecule has 10 heavy (non-hydrogen) atoms. The highest BCUT2D eigenvalue weighted by atomic mass is 32.1. The molecule has 0 aliphatic rings. The van der Waals surface area contributed by atoms with E-state index < -0.39 is 0 Å². The number of hydrogen-bond acceptors (Lipinski definition) is 3. The number of hydrogen-bond donors (Lipinski definition) is 1. The lowest BCUT2D eigenvalue weighted by molar-refractivity contribution is 1.26. The topological polar surface area (TPSA) is 12.9 Å². The Labute approximate surface area is 70.2 Å². The summed E-state index contributed by atoms with van der Waals surface area (Å²) in [4.78, 5) is 4.09. The highest BCUT2D eigenvalue weighted by molar-refractivity contribution is 7.80. The third-order valence-electron chi connectivity index (χ3n) is 1.01. The van der Waals surface area contributed by atoms with Crippen molar-refractivity contribution < 1.29 is 0 Å². The predicted octanol–water partition coefficient (Wildman–Crippen LogP) is 2.48. The molecule has 0 bridgehead atoms. The summed E-state index contributed by atoms with van der Waals surface area (Å²) in [5, 5.41) is 3.04. The van der Waals surface area contributed by atoms with E-state index in [2.05, 4.69) is 23.7 Å². The minimum absolute atomic E-state index is 0.905. The SMILES string of the molecule is SCCC=Cc1nccs1. The van der Waals surface area contributed by atoms with Gasteiger partial charge in [0.2, 0.25) is 0 Å². The highest BCUT2D eigenvalue weighted by Gasteiger charge is 1.84. The van der Waals surface area contributed by atoms with Crippen LogP contribution in [0.3, 0.4) is 0 Å². The minimum atomic E-state index is 0.905. The van der Waals surface area contributed by atoms with Crippen molar-refractivity contribution in [3.63, 3.8) is 0 Å². The molecule has 0 radical (unpaired) electrons. The van der Waals surface area contributed by atoms with Gasteiger partial charge in [-0.3, -0.25) is 0 Å². The quantitative estimate of drug-likeness (QED) is 0.689. The first-order valence-electron chi connectivity index (χ1n) is 3.10. The second kappa shape index (κ2) is 4.52. The molecule has 0 aliphatic heterocycles. The van der Waals surface area contributed by atoms with Gasteiger partial charge in [-0.05, 0) is 18.2 Å². The molecular weight excluding hydrogens is 162 g/mol. The van der Waals surface area contributed by atoms with Gasteiger partial charge in [0.25, 0.3) is 0 Å². The van der Waals surface area contributed by atoms with Gasteiger partial charge in [-0.15, -0.1) is 11.3 Å². The monoisotopic (exact) mass is 171 g/mol. The van der Waals surface area contributed by atoms with E-state index in [4.69, 9.17) is 0 Å². The van der Waals surface area contributed by atoms with Gasteiger partial charge in [0.1, 0.15) is 5.01 Å². The summed E-state index contributed by atoms with van der Waals surface area (Å²) in [5.41, 5.74) is 0. The van der Waals surface area contributed by atoms with Gasteiger partial charge in [-0.25, -0.2) is 4.98 Å². The Morgan fingerprint density at radius 1 is 1.70 bits per heavy atom. The van der Waals surface area contributed by atoms with Crippen molar-refractivity contribution in [1.82, 2.24) is 4.98 Å². The summed E-state index contributed by atoms with van der Waals surface area (Å²) in [6.45, 7) is 0. The Balaban J connectivity index is 2.40. The van der Waals surface area contributed by atoms with Crippen molar-refractivity contribution in [2.24, 2.45) is 0 Å². The molecular formula is C7H9NS2. The van der Waals surface area contributed by atoms with Crippen molar-refractivity contribution in [2.75, 3.05) is 5.75 Å². The van der Waals surface area contributed by atoms with Crippen molar-refractivity contribution in [3.8, 4) is 0 Å². The Bertz CT molecular complexity index is 191. The summed E-state index contributed by atoms with van der Waals surface area (Å²) in [5.74, 6) is 0.905. The maximum absolute atomic E-state index is 4.09. The first-order valence-corrected chi connectivity index (χ1v) is 4.61. The number of thiol groups is 1. The number of rotatable bonds is 3. The lowest BCUT2D eigenvalue weighted by Crippen LogP contribution is -1.67. The van der Waals surface area contributed by atoms with Crippen LogP contribution in [-0.4, -0.2) is 10.7 Å². The first kappa shape index (κ1) is 7.82. The summed E-state index contributed by atoms with van der Waals surface area (Å²) in [7, 11) is 0. The predicted molar refractivity (Wildman–Crippen MR) is 49.6 cm³/mol. The average molecular weight is 171 g/mol. The normalized spacial score (nSPS) is 10.9. The van der Waals surface area contributed by atoms with Crippen molar-refractivity contribution in [2.45, 2.75) is 6.42 Å². The van der Waals surface area contributed by atoms with Crippen LogP contribution in [0.4, 0.5) is 0 Å². The van der Waals surface area contributed by atoms with E-state index in [0.717, 1.165) is 17.2 Å². The molecule has 1 aromatic heterocycles. The van der Waals surface area contributed by atoms with Crippen LogP contribution in [0, 0.1) is 0 Å². The summed E-state index contributed by atoms with van der Waals surface area (Å²) >= 11 is 5.73. The number of allylic oxidation sites excluding steroid dienone is 1. The van der Waals surface area contributed by atoms with E-state index in [9.17, 15) is 0 Å². The zero-order valence-corrected chi connectivity index (χ0v) is 7.24. The fraction of sp³-hybridized carbons (Fsp3) is 0.286. The largest absolute Gasteiger partial charge is 0.245 e. The van der Waals surface area contributed by atoms with Gasteiger partial charge < -0.3 is 0 Å². The molecule has 3 heteroatoms. The van der Waals surface area contributed by atoms with Crippen LogP contribution in [0.1, 0.15) is 11.4 Å². The van der Waals surface area contributed by atoms with E-state index in [1.807, 2.05) is 17.7 Å². The highest BCUT2D eigenvalue weighted by Crippen LogP contribution is 2.06. The van der Waals surface area contributed by atoms with Gasteiger partial charge in [0.05, 0.1) is 0 Å². The second-order valence-corrected chi connectivity index (χ2v) is 3.16. The van der Waals surface area contributed by atoms with Crippen molar-refractivity contribution >= 4 is 30.0 Å². The molecule has 0 unspecified atom stereocenters. The molecule has 54 valence electrons. The average Bonchev–Trinajstić information content (AvgIpc) is 2.41. The van der Waals surface area contributed by atoms with Crippen LogP contribution in [0.15, 0.2) is 17.7 Å². The molecule has 0 saturated heterocycles. The van der Waals surface area contributed by atoms with Crippen LogP contribution < -0.4 is 0 Å². The van der Waals surface area contributed by atoms with E-state index in [1.54, 1.807) is 11.3 Å². The third-order valence-corrected chi connectivity index (χ3v) is 2.01. The van der Waals surface area contributed by atoms with Crippen LogP contribution >= 0.6 is 24.0 Å². The molecule has 0 spiro atoms. The second-order valence-electron chi connectivity index (χ2n) is 1.78. The van der Waals surface area contributed by atoms with Crippen molar-refractivity contribution in [3.05, 3.63) is 22.7 Å². The maximum atomic E-state index is 4.09. The number of nitrogens with zero attached hydrogens (tertiary/aromatic N) is 1. The lowest BCUT2D eigenvalue weighted by atomic mass is 10.4. The molecule has 1 rings (SSSR count). The zero-order chi connectivity index (χ0) is 7.23. The van der Waals surface area contributed by atoms with Gasteiger partial charge in [0, 0.05) is 11.6 Å². The van der Waals surface area contributed by atoms with Gasteiger partial charge in [-0.2, -0.15) is 12.6 Å². The Morgan fingerprint density at radius 2 is 2.60 bits per heavy atom. The number of thiazole rings is 1. The van der Waals surface area contributed by atoms with Gasteiger partial charge in [-0.1, -0.05) is 6.08 Å². The fourth-order valence-electron chi connectivity index (χ4n) is 0.575. The Hall–Kier alpha value is -0.280. The van der Waals surface area contributed by atoms with Crippen LogP contribution in [-0.2, 0) is 0 Å². The molecule has 1 aromatic rings. The van der Waals surface area contributed by atoms with Gasteiger partial charge >= 0.3 is 0 Å². The molecule has 0 atom stereocenters. The lowest BCUT2D eigenvalue weighted by Gasteiger charge is -1.81. The smallest absolute Gasteiger partial charge is 0.115 e. The van der Waals surface area contributed by atoms with Crippen LogP contribution in [0.25, 0.3) is 6.08 Å². The maximum Gasteiger partial charge on any atom is 0.115 e. The zero-order valence-electron chi connectivity index (χ0n) is 5.53. The fourth-order valence-corrected chi connectivity index (χ4v) is 1.28. The van der Waals surface area contributed by atoms with E-state index >= 15 is 0 Å². The molecule has 0 N–H and O–H groups in total. The van der Waals surface area contributed by atoms with Crippen LogP contribution in [0.2, 0.25) is 0 Å². The molecule has 0 aromatic carbocycles. The van der Waals surface area contributed by atoms with Crippen molar-refractivity contribution in [1.29, 1.82) is 0 Å². The van der Waals surface area contributed by atoms with E-state index in [0.29, 0.717) is 0 Å². The molecule has 0 saturated carbocycles. The minimum Gasteiger partial charge on any atom is -0.245 e. The Morgan fingerprint density at radius 3 is 3.20 bits per heavy atom. The van der Waals surface area contributed by atoms with E-state index in [-0.39, 0.29) is 0 Å². The standard InChI is InChI=1S/C7H9NS2/c9-5-2-1-3-7-8-4-6-10-7/h1,3-4,6,9H,2,5H2. The Kier molecular flexibility index (Phi) is 3.54. The number of aromatic nitrogens is 1. The summed E-state index contributed by atoms with van der Waals surface area (Å²) in [6, 6.07) is 0. The van der Waals surface area contributed by atoms with Gasteiger partial charge in [0.15, 0.2) is 0 Å². The van der Waals surface area contributed by atoms with E-state index in [1.165, 1.54) is 0 Å². The summed E-state index contributed by atoms with van der Waals surface area (Å²) < 4.78 is 0. The summed E-state index contributed by atoms with van der Waals surface area (Å²) in [6.07, 6.45) is 6.94. The molecule has 1 nitrogen and oxygen atoms in total. The van der Waals surface area contributed by atoms with Crippen LogP contribution in [0.5, 0.6) is 0 Å². The third kappa shape index (κ3) is 2.54. The first-order chi connectivity index (χ1) is 4.93. The molecule has 0 fully saturated rings.